The van der Waals surface area contributed by atoms with Gasteiger partial charge in [0.15, 0.2) is 6.10 Å². The van der Waals surface area contributed by atoms with Crippen LogP contribution in [0.2, 0.25) is 0 Å². The molecule has 1 aliphatic rings. The normalized spacial score (nSPS) is 15.5. The number of anilines is 1. The molecule has 122 valence electrons. The summed E-state index contributed by atoms with van der Waals surface area (Å²) in [6.07, 6.45) is -0.593. The lowest BCUT2D eigenvalue weighted by molar-refractivity contribution is -0.129. The second-order valence-electron chi connectivity index (χ2n) is 5.12. The van der Waals surface area contributed by atoms with Gasteiger partial charge >= 0.3 is 5.97 Å². The molecule has 1 heterocycles. The third-order valence-electron chi connectivity index (χ3n) is 3.40. The Bertz CT molecular complexity index is 640. The number of benzene rings is 1. The summed E-state index contributed by atoms with van der Waals surface area (Å²) < 4.78 is 5.08. The smallest absolute Gasteiger partial charge is 0.338 e. The number of ether oxygens (including phenoxy) is 1. The zero-order valence-corrected chi connectivity index (χ0v) is 13.0. The lowest BCUT2D eigenvalue weighted by atomic mass is 10.2. The number of carbonyl (C=O) groups excluding carboxylic acids is 4. The summed E-state index contributed by atoms with van der Waals surface area (Å²) in [6.45, 7) is 3.68. The molecule has 1 aliphatic heterocycles. The van der Waals surface area contributed by atoms with E-state index in [1.54, 1.807) is 19.1 Å². The molecule has 1 fully saturated rings. The van der Waals surface area contributed by atoms with Gasteiger partial charge in [0, 0.05) is 19.4 Å². The summed E-state index contributed by atoms with van der Waals surface area (Å²) in [7, 11) is 0. The first-order chi connectivity index (χ1) is 10.9. The predicted molar refractivity (Wildman–Crippen MR) is 81.7 cm³/mol. The number of carbonyl (C=O) groups is 4. The van der Waals surface area contributed by atoms with Gasteiger partial charge in [-0.2, -0.15) is 0 Å². The van der Waals surface area contributed by atoms with Gasteiger partial charge in [0.25, 0.3) is 5.91 Å². The molecule has 7 heteroatoms. The molecule has 1 atom stereocenters. The molecule has 7 nitrogen and oxygen atoms in total. The van der Waals surface area contributed by atoms with E-state index in [1.807, 2.05) is 0 Å². The minimum absolute atomic E-state index is 0.168. The maximum atomic E-state index is 12.1. The first-order valence-corrected chi connectivity index (χ1v) is 7.38. The van der Waals surface area contributed by atoms with Crippen molar-refractivity contribution < 1.29 is 23.9 Å². The van der Waals surface area contributed by atoms with Crippen molar-refractivity contribution in [1.29, 1.82) is 0 Å². The molecule has 0 spiro atoms. The van der Waals surface area contributed by atoms with Crippen LogP contribution >= 0.6 is 0 Å². The highest BCUT2D eigenvalue weighted by Crippen LogP contribution is 2.23. The minimum Gasteiger partial charge on any atom is -0.449 e. The van der Waals surface area contributed by atoms with Gasteiger partial charge < -0.3 is 10.1 Å². The summed E-state index contributed by atoms with van der Waals surface area (Å²) in [5.41, 5.74) is 0.503. The van der Waals surface area contributed by atoms with Crippen molar-refractivity contribution in [3.8, 4) is 0 Å². The van der Waals surface area contributed by atoms with Crippen LogP contribution < -0.4 is 10.2 Å². The molecule has 0 aromatic heterocycles. The van der Waals surface area contributed by atoms with Crippen LogP contribution in [0.5, 0.6) is 0 Å². The molecular formula is C16H18N2O5. The van der Waals surface area contributed by atoms with Crippen LogP contribution in [-0.4, -0.2) is 36.3 Å². The molecule has 0 radical (unpaired) electrons. The Morgan fingerprint density at radius 2 is 1.91 bits per heavy atom. The van der Waals surface area contributed by atoms with Gasteiger partial charge in [0.2, 0.25) is 11.8 Å². The number of esters is 1. The van der Waals surface area contributed by atoms with E-state index in [4.69, 9.17) is 4.74 Å². The highest BCUT2D eigenvalue weighted by atomic mass is 16.5. The standard InChI is InChI=1S/C16H18N2O5/c1-3-17-15(21)10(2)23-16(22)11-5-4-6-12(9-11)18-13(19)7-8-14(18)20/h4-6,9-10H,3,7-8H2,1-2H3,(H,17,21)/t10-/m0/s1. The first kappa shape index (κ1) is 16.7. The van der Waals surface area contributed by atoms with E-state index in [1.165, 1.54) is 19.1 Å². The van der Waals surface area contributed by atoms with E-state index in [0.717, 1.165) is 4.90 Å². The van der Waals surface area contributed by atoms with Crippen molar-refractivity contribution in [1.82, 2.24) is 5.32 Å². The molecule has 3 amide bonds. The summed E-state index contributed by atoms with van der Waals surface area (Å²) in [5, 5.41) is 2.56. The SMILES string of the molecule is CCNC(=O)[C@H](C)OC(=O)c1cccc(N2C(=O)CCC2=O)c1. The Kier molecular flexibility index (Phi) is 5.10. The molecule has 0 saturated carbocycles. The summed E-state index contributed by atoms with van der Waals surface area (Å²) in [5.74, 6) is -1.67. The lowest BCUT2D eigenvalue weighted by Crippen LogP contribution is -2.35. The number of amides is 3. The maximum Gasteiger partial charge on any atom is 0.338 e. The number of hydrogen-bond donors (Lipinski definition) is 1. The molecule has 1 saturated heterocycles. The zero-order valence-electron chi connectivity index (χ0n) is 13.0. The first-order valence-electron chi connectivity index (χ1n) is 7.38. The van der Waals surface area contributed by atoms with E-state index >= 15 is 0 Å². The number of hydrogen-bond acceptors (Lipinski definition) is 5. The van der Waals surface area contributed by atoms with Crippen molar-refractivity contribution in [2.24, 2.45) is 0 Å². The van der Waals surface area contributed by atoms with Crippen molar-refractivity contribution in [2.75, 3.05) is 11.4 Å². The largest absolute Gasteiger partial charge is 0.449 e. The maximum absolute atomic E-state index is 12.1. The lowest BCUT2D eigenvalue weighted by Gasteiger charge is -2.16. The van der Waals surface area contributed by atoms with E-state index in [9.17, 15) is 19.2 Å². The van der Waals surface area contributed by atoms with Crippen LogP contribution in [0, 0.1) is 0 Å². The monoisotopic (exact) mass is 318 g/mol. The second kappa shape index (κ2) is 7.04. The van der Waals surface area contributed by atoms with Gasteiger partial charge in [-0.25, -0.2) is 4.79 Å². The third-order valence-corrected chi connectivity index (χ3v) is 3.40. The Hall–Kier alpha value is -2.70. The fourth-order valence-electron chi connectivity index (χ4n) is 2.24. The van der Waals surface area contributed by atoms with Crippen molar-refractivity contribution in [2.45, 2.75) is 32.8 Å². The fraction of sp³-hybridized carbons (Fsp3) is 0.375. The molecule has 23 heavy (non-hydrogen) atoms. The molecule has 1 aromatic rings. The Labute approximate surface area is 133 Å². The van der Waals surface area contributed by atoms with Gasteiger partial charge in [-0.1, -0.05) is 6.07 Å². The minimum atomic E-state index is -0.929. The van der Waals surface area contributed by atoms with Crippen LogP contribution in [0.4, 0.5) is 5.69 Å². The van der Waals surface area contributed by atoms with Crippen molar-refractivity contribution >= 4 is 29.4 Å². The van der Waals surface area contributed by atoms with Crippen LogP contribution in [0.25, 0.3) is 0 Å². The highest BCUT2D eigenvalue weighted by molar-refractivity contribution is 6.20. The van der Waals surface area contributed by atoms with Crippen molar-refractivity contribution in [3.05, 3.63) is 29.8 Å². The van der Waals surface area contributed by atoms with Crippen LogP contribution in [-0.2, 0) is 19.1 Å². The number of imide groups is 1. The Balaban J connectivity index is 2.13. The molecular weight excluding hydrogens is 300 g/mol. The summed E-state index contributed by atoms with van der Waals surface area (Å²) in [4.78, 5) is 48.2. The molecule has 0 aliphatic carbocycles. The second-order valence-corrected chi connectivity index (χ2v) is 5.12. The number of nitrogens with zero attached hydrogens (tertiary/aromatic N) is 1. The predicted octanol–water partition coefficient (Wildman–Crippen LogP) is 1.02. The summed E-state index contributed by atoms with van der Waals surface area (Å²) in [6, 6.07) is 6.04. The number of rotatable bonds is 5. The molecule has 1 aromatic carbocycles. The van der Waals surface area contributed by atoms with Crippen LogP contribution in [0.3, 0.4) is 0 Å². The molecule has 0 unspecified atom stereocenters. The van der Waals surface area contributed by atoms with Crippen molar-refractivity contribution in [3.63, 3.8) is 0 Å². The van der Waals surface area contributed by atoms with Crippen LogP contribution in [0.1, 0.15) is 37.0 Å². The van der Waals surface area contributed by atoms with Gasteiger partial charge in [-0.15, -0.1) is 0 Å². The van der Waals surface area contributed by atoms with Gasteiger partial charge in [0.1, 0.15) is 0 Å². The topological polar surface area (TPSA) is 92.8 Å². The fourth-order valence-corrected chi connectivity index (χ4v) is 2.24. The highest BCUT2D eigenvalue weighted by Gasteiger charge is 2.30. The average Bonchev–Trinajstić information content (AvgIpc) is 2.86. The van der Waals surface area contributed by atoms with Gasteiger partial charge in [0.05, 0.1) is 11.3 Å². The number of nitrogens with one attached hydrogen (secondary N) is 1. The molecule has 0 bridgehead atoms. The third kappa shape index (κ3) is 3.74. The Morgan fingerprint density at radius 3 is 2.52 bits per heavy atom. The van der Waals surface area contributed by atoms with E-state index in [-0.39, 0.29) is 36.1 Å². The number of likely N-dealkylation sites (N-methyl/N-ethyl adjacent to an activating group) is 1. The van der Waals surface area contributed by atoms with E-state index in [0.29, 0.717) is 12.2 Å². The quantitative estimate of drug-likeness (QED) is 0.646. The van der Waals surface area contributed by atoms with Gasteiger partial charge in [-0.3, -0.25) is 19.3 Å². The average molecular weight is 318 g/mol. The van der Waals surface area contributed by atoms with Crippen LogP contribution in [0.15, 0.2) is 24.3 Å². The Morgan fingerprint density at radius 1 is 1.26 bits per heavy atom. The van der Waals surface area contributed by atoms with E-state index < -0.39 is 12.1 Å². The summed E-state index contributed by atoms with van der Waals surface area (Å²) >= 11 is 0. The van der Waals surface area contributed by atoms with Gasteiger partial charge in [-0.05, 0) is 32.0 Å². The molecule has 1 N–H and O–H groups in total. The van der Waals surface area contributed by atoms with E-state index in [2.05, 4.69) is 5.32 Å². The zero-order chi connectivity index (χ0) is 17.0. The molecule has 2 rings (SSSR count).